The molecule has 2 rings (SSSR count). The maximum Gasteiger partial charge on any atom is 0.337 e. The van der Waals surface area contributed by atoms with Crippen molar-refractivity contribution in [3.8, 4) is 0 Å². The molecule has 0 aliphatic rings. The third-order valence-electron chi connectivity index (χ3n) is 5.36. The van der Waals surface area contributed by atoms with E-state index in [1.54, 1.807) is 54.2 Å². The van der Waals surface area contributed by atoms with Crippen molar-refractivity contribution in [2.75, 3.05) is 34.3 Å². The second-order valence-electron chi connectivity index (χ2n) is 8.35. The van der Waals surface area contributed by atoms with Crippen molar-refractivity contribution in [1.82, 2.24) is 9.80 Å². The predicted octanol–water partition coefficient (Wildman–Crippen LogP) is 5.11. The number of amides is 2. The lowest BCUT2D eigenvalue weighted by molar-refractivity contribution is 0.0599. The Morgan fingerprint density at radius 1 is 0.757 bits per heavy atom. The minimum atomic E-state index is -1.05. The number of nitrogens with zero attached hydrogens (tertiary/aromatic N) is 2. The van der Waals surface area contributed by atoms with Gasteiger partial charge in [0, 0.05) is 38.3 Å². The summed E-state index contributed by atoms with van der Waals surface area (Å²) >= 11 is 0. The van der Waals surface area contributed by atoms with Gasteiger partial charge in [0.2, 0.25) is 0 Å². The first kappa shape index (κ1) is 30.8. The van der Waals surface area contributed by atoms with Gasteiger partial charge < -0.3 is 19.6 Å². The summed E-state index contributed by atoms with van der Waals surface area (Å²) in [7, 11) is 4.75. The van der Waals surface area contributed by atoms with E-state index < -0.39 is 11.9 Å². The lowest BCUT2D eigenvalue weighted by Gasteiger charge is -2.16. The molecule has 0 atom stereocenters. The molecule has 37 heavy (non-hydrogen) atoms. The molecular formula is C29H36N2O6. The van der Waals surface area contributed by atoms with Gasteiger partial charge in [-0.05, 0) is 60.4 Å². The molecule has 0 bridgehead atoms. The number of hydrogen-bond donors (Lipinski definition) is 1. The van der Waals surface area contributed by atoms with E-state index >= 15 is 0 Å². The molecule has 1 N–H and O–H groups in total. The first-order valence-electron chi connectivity index (χ1n) is 11.9. The summed E-state index contributed by atoms with van der Waals surface area (Å²) in [6, 6.07) is 9.44. The molecule has 2 amide bonds. The Balaban J connectivity index is 0.000000371. The molecule has 0 saturated carbocycles. The Hall–Kier alpha value is -4.20. The highest BCUT2D eigenvalue weighted by Crippen LogP contribution is 2.15. The van der Waals surface area contributed by atoms with Crippen LogP contribution in [0.3, 0.4) is 0 Å². The first-order chi connectivity index (χ1) is 17.5. The van der Waals surface area contributed by atoms with Crippen LogP contribution in [0.5, 0.6) is 0 Å². The van der Waals surface area contributed by atoms with E-state index in [1.165, 1.54) is 25.3 Å². The Morgan fingerprint density at radius 2 is 1.14 bits per heavy atom. The molecule has 0 spiro atoms. The lowest BCUT2D eigenvalue weighted by atomic mass is 10.0. The third kappa shape index (κ3) is 9.07. The molecule has 198 valence electrons. The van der Waals surface area contributed by atoms with Gasteiger partial charge in [0.25, 0.3) is 11.8 Å². The summed E-state index contributed by atoms with van der Waals surface area (Å²) in [5.41, 5.74) is 2.64. The topological polar surface area (TPSA) is 104 Å². The van der Waals surface area contributed by atoms with Crippen LogP contribution in [0.15, 0.2) is 49.6 Å². The predicted molar refractivity (Wildman–Crippen MR) is 146 cm³/mol. The second-order valence-corrected chi connectivity index (χ2v) is 8.35. The normalized spacial score (nSPS) is 9.86. The molecule has 2 aromatic rings. The van der Waals surface area contributed by atoms with Gasteiger partial charge in [-0.25, -0.2) is 9.59 Å². The van der Waals surface area contributed by atoms with E-state index in [4.69, 9.17) is 5.11 Å². The van der Waals surface area contributed by atoms with E-state index in [0.29, 0.717) is 35.3 Å². The zero-order valence-electron chi connectivity index (χ0n) is 22.2. The van der Waals surface area contributed by atoms with Crippen molar-refractivity contribution in [3.05, 3.63) is 82.9 Å². The molecule has 0 fully saturated rings. The van der Waals surface area contributed by atoms with Gasteiger partial charge in [-0.1, -0.05) is 39.2 Å². The quantitative estimate of drug-likeness (QED) is 0.448. The van der Waals surface area contributed by atoms with Crippen LogP contribution in [0.4, 0.5) is 0 Å². The van der Waals surface area contributed by atoms with Crippen LogP contribution in [-0.4, -0.2) is 73.0 Å². The summed E-state index contributed by atoms with van der Waals surface area (Å²) in [4.78, 5) is 50.0. The number of esters is 1. The average molecular weight is 509 g/mol. The molecule has 0 radical (unpaired) electrons. The lowest BCUT2D eigenvalue weighted by Crippen LogP contribution is -2.27. The van der Waals surface area contributed by atoms with Gasteiger partial charge >= 0.3 is 11.9 Å². The van der Waals surface area contributed by atoms with Gasteiger partial charge in [-0.2, -0.15) is 0 Å². The van der Waals surface area contributed by atoms with Crippen LogP contribution in [0.2, 0.25) is 0 Å². The number of benzene rings is 2. The van der Waals surface area contributed by atoms with E-state index in [2.05, 4.69) is 17.9 Å². The van der Waals surface area contributed by atoms with E-state index in [-0.39, 0.29) is 17.4 Å². The minimum absolute atomic E-state index is 0.0978. The molecule has 8 nitrogen and oxygen atoms in total. The maximum atomic E-state index is 12.2. The van der Waals surface area contributed by atoms with E-state index in [9.17, 15) is 19.2 Å². The number of carbonyl (C=O) groups is 4. The van der Waals surface area contributed by atoms with Gasteiger partial charge in [-0.15, -0.1) is 0 Å². The van der Waals surface area contributed by atoms with Gasteiger partial charge in [0.05, 0.1) is 18.2 Å². The zero-order valence-corrected chi connectivity index (χ0v) is 22.2. The SMILES string of the molecule is C=Cc1cc(C(=O)O)cc(C(=O)N(C)CCC)c1.C=Cc1cc(C(=O)OC)cc(C(=O)N(C)CCC)c1. The molecule has 0 saturated heterocycles. The molecule has 8 heteroatoms. The Labute approximate surface area is 218 Å². The largest absolute Gasteiger partial charge is 0.478 e. The number of ether oxygens (including phenoxy) is 1. The van der Waals surface area contributed by atoms with Crippen molar-refractivity contribution < 1.29 is 29.0 Å². The monoisotopic (exact) mass is 508 g/mol. The number of aromatic carboxylic acids is 1. The summed E-state index contributed by atoms with van der Waals surface area (Å²) in [6.45, 7) is 12.5. The number of rotatable bonds is 10. The van der Waals surface area contributed by atoms with Crippen molar-refractivity contribution in [3.63, 3.8) is 0 Å². The van der Waals surface area contributed by atoms with Gasteiger partial charge in [-0.3, -0.25) is 9.59 Å². The summed E-state index contributed by atoms with van der Waals surface area (Å²) < 4.78 is 4.68. The fourth-order valence-electron chi connectivity index (χ4n) is 3.46. The van der Waals surface area contributed by atoms with Crippen LogP contribution in [0.1, 0.15) is 79.2 Å². The van der Waals surface area contributed by atoms with Crippen molar-refractivity contribution in [2.45, 2.75) is 26.7 Å². The number of hydrogen-bond acceptors (Lipinski definition) is 5. The summed E-state index contributed by atoms with van der Waals surface area (Å²) in [5.74, 6) is -1.81. The number of methoxy groups -OCH3 is 1. The van der Waals surface area contributed by atoms with Gasteiger partial charge in [0.1, 0.15) is 0 Å². The smallest absolute Gasteiger partial charge is 0.337 e. The third-order valence-corrected chi connectivity index (χ3v) is 5.36. The molecule has 0 heterocycles. The maximum absolute atomic E-state index is 12.2. The highest BCUT2D eigenvalue weighted by Gasteiger charge is 2.16. The molecule has 0 aromatic heterocycles. The van der Waals surface area contributed by atoms with Gasteiger partial charge in [0.15, 0.2) is 0 Å². The Kier molecular flexibility index (Phi) is 12.5. The minimum Gasteiger partial charge on any atom is -0.478 e. The zero-order chi connectivity index (χ0) is 28.1. The fraction of sp³-hybridized carbons (Fsp3) is 0.310. The van der Waals surface area contributed by atoms with Crippen LogP contribution < -0.4 is 0 Å². The van der Waals surface area contributed by atoms with Crippen LogP contribution in [0, 0.1) is 0 Å². The van der Waals surface area contributed by atoms with Crippen molar-refractivity contribution in [2.24, 2.45) is 0 Å². The standard InChI is InChI=1S/C15H19NO3.C14H17NO3/c1-5-7-16(3)14(17)12-8-11(6-2)9-13(10-12)15(18)19-4;1-4-6-15(3)13(16)11-7-10(5-2)8-12(9-11)14(17)18/h6,8-10H,2,5,7H2,1,3-4H3;5,7-9H,2,4,6H2,1,3H3,(H,17,18). The highest BCUT2D eigenvalue weighted by molar-refractivity contribution is 5.99. The van der Waals surface area contributed by atoms with Crippen LogP contribution in [0.25, 0.3) is 12.2 Å². The Bertz CT molecular complexity index is 1160. The number of carboxylic acid groups (broad SMARTS) is 1. The Morgan fingerprint density at radius 3 is 1.49 bits per heavy atom. The van der Waals surface area contributed by atoms with Crippen molar-refractivity contribution >= 4 is 35.9 Å². The molecular weight excluding hydrogens is 472 g/mol. The average Bonchev–Trinajstić information content (AvgIpc) is 2.91. The molecule has 0 aliphatic carbocycles. The van der Waals surface area contributed by atoms with Crippen molar-refractivity contribution in [1.29, 1.82) is 0 Å². The molecule has 2 aromatic carbocycles. The summed E-state index contributed by atoms with van der Waals surface area (Å²) in [6.07, 6.45) is 4.87. The second kappa shape index (κ2) is 15.0. The van der Waals surface area contributed by atoms with Crippen LogP contribution >= 0.6 is 0 Å². The highest BCUT2D eigenvalue weighted by atomic mass is 16.5. The number of carbonyl (C=O) groups excluding carboxylic acids is 3. The number of carboxylic acids is 1. The fourth-order valence-corrected chi connectivity index (χ4v) is 3.46. The van der Waals surface area contributed by atoms with Crippen LogP contribution in [-0.2, 0) is 4.74 Å². The summed E-state index contributed by atoms with van der Waals surface area (Å²) in [5, 5.41) is 8.99. The first-order valence-corrected chi connectivity index (χ1v) is 11.9. The molecule has 0 aliphatic heterocycles. The molecule has 0 unspecified atom stereocenters. The van der Waals surface area contributed by atoms with E-state index in [0.717, 1.165) is 18.4 Å². The van der Waals surface area contributed by atoms with E-state index in [1.807, 2.05) is 13.8 Å².